The highest BCUT2D eigenvalue weighted by molar-refractivity contribution is 6.30. The van der Waals surface area contributed by atoms with E-state index < -0.39 is 24.3 Å². The summed E-state index contributed by atoms with van der Waals surface area (Å²) < 4.78 is 19.8. The number of hydrogen-bond donors (Lipinski definition) is 1. The van der Waals surface area contributed by atoms with Gasteiger partial charge in [0.1, 0.15) is 5.82 Å². The molecular weight excluding hydrogens is 389 g/mol. The Kier molecular flexibility index (Phi) is 5.70. The minimum atomic E-state index is -0.875. The molecule has 2 aromatic carbocycles. The summed E-state index contributed by atoms with van der Waals surface area (Å²) in [7, 11) is 0. The number of esters is 1. The minimum Gasteiger partial charge on any atom is -0.451 e. The van der Waals surface area contributed by atoms with Crippen LogP contribution in [0.1, 0.15) is 17.4 Å². The quantitative estimate of drug-likeness (QED) is 0.661. The van der Waals surface area contributed by atoms with Crippen LogP contribution in [0.25, 0.3) is 10.8 Å². The van der Waals surface area contributed by atoms with Gasteiger partial charge in [-0.2, -0.15) is 5.10 Å². The minimum absolute atomic E-state index is 0.0845. The molecule has 0 bridgehead atoms. The molecule has 1 aromatic heterocycles. The fraction of sp³-hybridized carbons (Fsp3) is 0.158. The van der Waals surface area contributed by atoms with Crippen molar-refractivity contribution in [2.75, 3.05) is 11.9 Å². The first kappa shape index (κ1) is 19.5. The van der Waals surface area contributed by atoms with E-state index in [-0.39, 0.29) is 28.5 Å². The Hall–Kier alpha value is -3.26. The lowest BCUT2D eigenvalue weighted by atomic mass is 10.1. The van der Waals surface area contributed by atoms with E-state index in [0.29, 0.717) is 10.8 Å². The van der Waals surface area contributed by atoms with Gasteiger partial charge in [-0.05, 0) is 31.2 Å². The van der Waals surface area contributed by atoms with Gasteiger partial charge in [0.15, 0.2) is 12.3 Å². The van der Waals surface area contributed by atoms with Crippen molar-refractivity contribution in [2.24, 2.45) is 0 Å². The summed E-state index contributed by atoms with van der Waals surface area (Å²) in [6, 6.07) is 10.2. The lowest BCUT2D eigenvalue weighted by molar-refractivity contribution is -0.119. The molecule has 3 aromatic rings. The zero-order valence-corrected chi connectivity index (χ0v) is 15.5. The van der Waals surface area contributed by atoms with Gasteiger partial charge < -0.3 is 10.1 Å². The molecule has 7 nitrogen and oxygen atoms in total. The predicted molar refractivity (Wildman–Crippen MR) is 102 cm³/mol. The van der Waals surface area contributed by atoms with E-state index in [1.807, 2.05) is 0 Å². The largest absolute Gasteiger partial charge is 0.451 e. The number of hydrogen-bond acceptors (Lipinski definition) is 5. The molecule has 0 saturated heterocycles. The number of halogens is 2. The number of nitrogens with zero attached hydrogens (tertiary/aromatic N) is 2. The molecule has 1 N–H and O–H groups in total. The highest BCUT2D eigenvalue weighted by Gasteiger charge is 2.19. The van der Waals surface area contributed by atoms with E-state index in [0.717, 1.165) is 10.7 Å². The first-order valence-corrected chi connectivity index (χ1v) is 8.70. The zero-order valence-electron chi connectivity index (χ0n) is 14.7. The Bertz CT molecular complexity index is 1130. The van der Waals surface area contributed by atoms with Crippen molar-refractivity contribution in [3.8, 4) is 0 Å². The van der Waals surface area contributed by atoms with Crippen LogP contribution in [-0.2, 0) is 16.1 Å². The summed E-state index contributed by atoms with van der Waals surface area (Å²) in [5.41, 5.74) is -0.542. The Morgan fingerprint density at radius 1 is 1.21 bits per heavy atom. The van der Waals surface area contributed by atoms with Gasteiger partial charge in [-0.3, -0.25) is 9.59 Å². The normalized spacial score (nSPS) is 10.7. The molecule has 0 aliphatic heterocycles. The van der Waals surface area contributed by atoms with Crippen molar-refractivity contribution in [3.05, 3.63) is 69.4 Å². The molecule has 0 aliphatic rings. The molecule has 9 heteroatoms. The van der Waals surface area contributed by atoms with Crippen molar-refractivity contribution in [1.29, 1.82) is 0 Å². The van der Waals surface area contributed by atoms with Crippen LogP contribution in [-0.4, -0.2) is 28.3 Å². The first-order valence-electron chi connectivity index (χ1n) is 8.32. The fourth-order valence-corrected chi connectivity index (χ4v) is 2.75. The Morgan fingerprint density at radius 2 is 1.93 bits per heavy atom. The van der Waals surface area contributed by atoms with Crippen molar-refractivity contribution in [1.82, 2.24) is 9.78 Å². The second-order valence-electron chi connectivity index (χ2n) is 5.76. The maximum absolute atomic E-state index is 13.7. The van der Waals surface area contributed by atoms with Crippen LogP contribution in [0.3, 0.4) is 0 Å². The summed E-state index contributed by atoms with van der Waals surface area (Å²) in [4.78, 5) is 36.7. The first-order chi connectivity index (χ1) is 13.4. The number of carbonyl (C=O) groups is 2. The summed E-state index contributed by atoms with van der Waals surface area (Å²) in [5, 5.41) is 7.18. The monoisotopic (exact) mass is 403 g/mol. The number of anilines is 1. The number of amides is 1. The highest BCUT2D eigenvalue weighted by atomic mass is 35.5. The number of rotatable bonds is 5. The number of aromatic nitrogens is 2. The van der Waals surface area contributed by atoms with Crippen LogP contribution >= 0.6 is 11.6 Å². The molecule has 0 radical (unpaired) electrons. The molecule has 0 atom stereocenters. The Labute approximate surface area is 163 Å². The average Bonchev–Trinajstić information content (AvgIpc) is 2.69. The average molecular weight is 404 g/mol. The van der Waals surface area contributed by atoms with Crippen molar-refractivity contribution < 1.29 is 18.7 Å². The van der Waals surface area contributed by atoms with Crippen molar-refractivity contribution in [3.63, 3.8) is 0 Å². The molecule has 0 fully saturated rings. The Balaban J connectivity index is 1.78. The van der Waals surface area contributed by atoms with Crippen molar-refractivity contribution >= 4 is 39.9 Å². The summed E-state index contributed by atoms with van der Waals surface area (Å²) in [5.74, 6) is -2.30. The van der Waals surface area contributed by atoms with Gasteiger partial charge in [0, 0.05) is 17.0 Å². The van der Waals surface area contributed by atoms with E-state index >= 15 is 0 Å². The second-order valence-corrected chi connectivity index (χ2v) is 6.20. The van der Waals surface area contributed by atoms with Gasteiger partial charge in [-0.1, -0.05) is 29.8 Å². The highest BCUT2D eigenvalue weighted by Crippen LogP contribution is 2.19. The van der Waals surface area contributed by atoms with Gasteiger partial charge in [0.25, 0.3) is 11.5 Å². The number of aryl methyl sites for hydroxylation is 1. The number of carbonyl (C=O) groups excluding carboxylic acids is 2. The molecule has 0 spiro atoms. The van der Waals surface area contributed by atoms with Gasteiger partial charge in [0.05, 0.1) is 11.1 Å². The van der Waals surface area contributed by atoms with Crippen LogP contribution in [0.15, 0.2) is 47.3 Å². The molecule has 28 heavy (non-hydrogen) atoms. The van der Waals surface area contributed by atoms with Crippen LogP contribution in [0.2, 0.25) is 5.02 Å². The maximum Gasteiger partial charge on any atom is 0.359 e. The fourth-order valence-electron chi connectivity index (χ4n) is 2.58. The zero-order chi connectivity index (χ0) is 20.3. The third kappa shape index (κ3) is 4.01. The lowest BCUT2D eigenvalue weighted by Crippen LogP contribution is -2.27. The molecule has 0 aliphatic carbocycles. The maximum atomic E-state index is 13.7. The molecule has 144 valence electrons. The van der Waals surface area contributed by atoms with Crippen LogP contribution < -0.4 is 10.9 Å². The van der Waals surface area contributed by atoms with E-state index in [1.54, 1.807) is 31.2 Å². The van der Waals surface area contributed by atoms with E-state index in [9.17, 15) is 18.8 Å². The van der Waals surface area contributed by atoms with E-state index in [1.165, 1.54) is 12.1 Å². The predicted octanol–water partition coefficient (Wildman–Crippen LogP) is 3.00. The van der Waals surface area contributed by atoms with E-state index in [4.69, 9.17) is 16.3 Å². The molecule has 1 amide bonds. The van der Waals surface area contributed by atoms with Gasteiger partial charge in [-0.25, -0.2) is 13.9 Å². The number of nitrogens with one attached hydrogen (secondary N) is 1. The second kappa shape index (κ2) is 8.18. The third-order valence-corrected chi connectivity index (χ3v) is 4.13. The Morgan fingerprint density at radius 3 is 2.64 bits per heavy atom. The SMILES string of the molecule is CCn1nc(C(=O)OCC(=O)Nc2cc(Cl)ccc2F)c2ccccc2c1=O. The molecule has 3 rings (SSSR count). The summed E-state index contributed by atoms with van der Waals surface area (Å²) in [6.07, 6.45) is 0. The molecule has 0 unspecified atom stereocenters. The smallest absolute Gasteiger partial charge is 0.359 e. The lowest BCUT2D eigenvalue weighted by Gasteiger charge is -2.10. The van der Waals surface area contributed by atoms with Crippen LogP contribution in [0.4, 0.5) is 10.1 Å². The summed E-state index contributed by atoms with van der Waals surface area (Å²) >= 11 is 5.77. The van der Waals surface area contributed by atoms with Crippen molar-refractivity contribution in [2.45, 2.75) is 13.5 Å². The molecule has 0 saturated carbocycles. The number of benzene rings is 2. The van der Waals surface area contributed by atoms with Gasteiger partial charge in [0.2, 0.25) is 0 Å². The number of fused-ring (bicyclic) bond motifs is 1. The van der Waals surface area contributed by atoms with E-state index in [2.05, 4.69) is 10.4 Å². The molecule has 1 heterocycles. The van der Waals surface area contributed by atoms with Crippen LogP contribution in [0.5, 0.6) is 0 Å². The topological polar surface area (TPSA) is 90.3 Å². The molecular formula is C19H15ClFN3O4. The number of ether oxygens (including phenoxy) is 1. The third-order valence-electron chi connectivity index (χ3n) is 3.90. The van der Waals surface area contributed by atoms with Gasteiger partial charge in [-0.15, -0.1) is 0 Å². The van der Waals surface area contributed by atoms with Gasteiger partial charge >= 0.3 is 5.97 Å². The standard InChI is InChI=1S/C19H15ClFN3O4/c1-2-24-18(26)13-6-4-3-5-12(13)17(23-24)19(27)28-10-16(25)22-15-9-11(20)7-8-14(15)21/h3-9H,2,10H2,1H3,(H,22,25). The van der Waals surface area contributed by atoms with Crippen LogP contribution in [0, 0.1) is 5.82 Å². The summed E-state index contributed by atoms with van der Waals surface area (Å²) in [6.45, 7) is 1.32.